The second-order valence-electron chi connectivity index (χ2n) is 6.57. The Morgan fingerprint density at radius 2 is 1.85 bits per heavy atom. The zero-order valence-electron chi connectivity index (χ0n) is 16.8. The van der Waals surface area contributed by atoms with Crippen molar-refractivity contribution in [1.29, 1.82) is 0 Å². The van der Waals surface area contributed by atoms with Crippen LogP contribution in [0.1, 0.15) is 11.1 Å². The second kappa shape index (κ2) is 12.5. The van der Waals surface area contributed by atoms with Crippen LogP contribution in [0.5, 0.6) is 5.75 Å². The van der Waals surface area contributed by atoms with Crippen molar-refractivity contribution in [2.24, 2.45) is 5.10 Å². The van der Waals surface area contributed by atoms with Gasteiger partial charge in [0, 0.05) is 22.1 Å². The van der Waals surface area contributed by atoms with Crippen molar-refractivity contribution in [2.75, 3.05) is 5.75 Å². The normalized spacial score (nSPS) is 10.9. The highest BCUT2D eigenvalue weighted by molar-refractivity contribution is 14.1. The fraction of sp³-hybridized carbons (Fsp3) is 0.0909. The number of nitro benzene ring substituents is 1. The molecule has 33 heavy (non-hydrogen) atoms. The Morgan fingerprint density at radius 1 is 1.15 bits per heavy atom. The summed E-state index contributed by atoms with van der Waals surface area (Å²) in [5, 5.41) is 15.6. The molecule has 0 spiro atoms. The molecule has 3 aromatic carbocycles. The van der Waals surface area contributed by atoms with E-state index in [0.717, 1.165) is 17.6 Å². The molecule has 1 amide bonds. The van der Waals surface area contributed by atoms with E-state index in [4.69, 9.17) is 16.3 Å². The van der Waals surface area contributed by atoms with Crippen molar-refractivity contribution in [3.05, 3.63) is 94.1 Å². The monoisotopic (exact) mass is 707 g/mol. The summed E-state index contributed by atoms with van der Waals surface area (Å²) in [6.45, 7) is 0.211. The summed E-state index contributed by atoms with van der Waals surface area (Å²) >= 11 is 11.6. The van der Waals surface area contributed by atoms with Crippen molar-refractivity contribution < 1.29 is 14.5 Å². The second-order valence-corrected chi connectivity index (χ2v) is 10.4. The predicted octanol–water partition coefficient (Wildman–Crippen LogP) is 6.28. The lowest BCUT2D eigenvalue weighted by atomic mass is 10.2. The molecule has 0 fully saturated rings. The van der Waals surface area contributed by atoms with E-state index in [2.05, 4.69) is 55.7 Å². The van der Waals surface area contributed by atoms with Crippen LogP contribution in [-0.4, -0.2) is 22.8 Å². The fourth-order valence-corrected chi connectivity index (χ4v) is 5.54. The van der Waals surface area contributed by atoms with Gasteiger partial charge in [-0.15, -0.1) is 11.8 Å². The van der Waals surface area contributed by atoms with Crippen LogP contribution in [0.4, 0.5) is 5.69 Å². The summed E-state index contributed by atoms with van der Waals surface area (Å²) in [4.78, 5) is 23.5. The molecular formula is C22H16ClI2N3O4S. The van der Waals surface area contributed by atoms with Crippen molar-refractivity contribution in [3.63, 3.8) is 0 Å². The number of hydrogen-bond donors (Lipinski definition) is 1. The zero-order chi connectivity index (χ0) is 23.8. The summed E-state index contributed by atoms with van der Waals surface area (Å²) in [6, 6.07) is 17.4. The van der Waals surface area contributed by atoms with E-state index in [1.807, 2.05) is 24.3 Å². The highest BCUT2D eigenvalue weighted by Crippen LogP contribution is 2.29. The van der Waals surface area contributed by atoms with E-state index in [1.54, 1.807) is 30.5 Å². The Kier molecular flexibility index (Phi) is 9.77. The molecule has 0 atom stereocenters. The van der Waals surface area contributed by atoms with Gasteiger partial charge >= 0.3 is 0 Å². The van der Waals surface area contributed by atoms with E-state index in [0.29, 0.717) is 16.3 Å². The Hall–Kier alpha value is -1.90. The number of hydrazone groups is 1. The van der Waals surface area contributed by atoms with Gasteiger partial charge in [-0.2, -0.15) is 5.10 Å². The van der Waals surface area contributed by atoms with Gasteiger partial charge in [0.1, 0.15) is 12.4 Å². The third-order valence-corrected chi connectivity index (χ3v) is 6.98. The van der Waals surface area contributed by atoms with E-state index < -0.39 is 4.92 Å². The van der Waals surface area contributed by atoms with E-state index in [1.165, 1.54) is 23.9 Å². The topological polar surface area (TPSA) is 93.8 Å². The molecule has 0 aromatic heterocycles. The lowest BCUT2D eigenvalue weighted by Gasteiger charge is -2.11. The summed E-state index contributed by atoms with van der Waals surface area (Å²) < 4.78 is 7.62. The van der Waals surface area contributed by atoms with Gasteiger partial charge in [0.05, 0.1) is 24.0 Å². The maximum absolute atomic E-state index is 12.0. The molecule has 0 saturated carbocycles. The van der Waals surface area contributed by atoms with Crippen molar-refractivity contribution in [3.8, 4) is 5.75 Å². The number of ether oxygens (including phenoxy) is 1. The Bertz CT molecular complexity index is 1170. The number of hydrogen-bond acceptors (Lipinski definition) is 6. The molecule has 3 rings (SSSR count). The SMILES string of the molecule is O=C(CSc1ccc(Cl)cc1)N/N=C\c1cc(I)c(OCc2cccc([N+](=O)[O-])c2)c(I)c1. The zero-order valence-corrected chi connectivity index (χ0v) is 22.7. The highest BCUT2D eigenvalue weighted by atomic mass is 127. The number of non-ortho nitro benzene ring substituents is 1. The number of carbonyl (C=O) groups is 1. The number of amides is 1. The fourth-order valence-electron chi connectivity index (χ4n) is 2.60. The maximum Gasteiger partial charge on any atom is 0.269 e. The summed E-state index contributed by atoms with van der Waals surface area (Å²) in [7, 11) is 0. The number of benzene rings is 3. The first-order valence-corrected chi connectivity index (χ1v) is 12.9. The molecule has 0 aliphatic heterocycles. The lowest BCUT2D eigenvalue weighted by Crippen LogP contribution is -2.19. The van der Waals surface area contributed by atoms with Gasteiger partial charge < -0.3 is 4.74 Å². The van der Waals surface area contributed by atoms with Crippen molar-refractivity contribution >= 4 is 86.4 Å². The van der Waals surface area contributed by atoms with E-state index in [9.17, 15) is 14.9 Å². The van der Waals surface area contributed by atoms with Crippen LogP contribution < -0.4 is 10.2 Å². The third-order valence-electron chi connectivity index (χ3n) is 4.11. The quantitative estimate of drug-likeness (QED) is 0.0930. The highest BCUT2D eigenvalue weighted by Gasteiger charge is 2.11. The molecule has 1 N–H and O–H groups in total. The number of nitrogens with one attached hydrogen (secondary N) is 1. The van der Waals surface area contributed by atoms with Gasteiger partial charge in [0.15, 0.2) is 0 Å². The van der Waals surface area contributed by atoms with Crippen LogP contribution in [0.25, 0.3) is 0 Å². The summed E-state index contributed by atoms with van der Waals surface area (Å²) in [5.74, 6) is 0.703. The van der Waals surface area contributed by atoms with Crippen LogP contribution in [0.2, 0.25) is 5.02 Å². The lowest BCUT2D eigenvalue weighted by molar-refractivity contribution is -0.384. The maximum atomic E-state index is 12.0. The summed E-state index contributed by atoms with van der Waals surface area (Å²) in [5.41, 5.74) is 4.06. The minimum absolute atomic E-state index is 0.0284. The number of thioether (sulfide) groups is 1. The average Bonchev–Trinajstić information content (AvgIpc) is 2.78. The first-order valence-electron chi connectivity index (χ1n) is 9.37. The Labute approximate surface area is 226 Å². The molecule has 0 saturated heterocycles. The molecule has 11 heteroatoms. The largest absolute Gasteiger partial charge is 0.487 e. The van der Waals surface area contributed by atoms with Crippen LogP contribution in [-0.2, 0) is 11.4 Å². The van der Waals surface area contributed by atoms with Crippen molar-refractivity contribution in [1.82, 2.24) is 5.43 Å². The summed E-state index contributed by atoms with van der Waals surface area (Å²) in [6.07, 6.45) is 1.57. The minimum Gasteiger partial charge on any atom is -0.487 e. The van der Waals surface area contributed by atoms with Crippen LogP contribution in [0, 0.1) is 17.3 Å². The molecule has 0 aliphatic rings. The van der Waals surface area contributed by atoms with Crippen LogP contribution in [0.15, 0.2) is 70.7 Å². The molecule has 0 unspecified atom stereocenters. The molecule has 7 nitrogen and oxygen atoms in total. The molecule has 3 aromatic rings. The first kappa shape index (κ1) is 25.7. The van der Waals surface area contributed by atoms with Gasteiger partial charge in [-0.1, -0.05) is 23.7 Å². The smallest absolute Gasteiger partial charge is 0.269 e. The molecule has 0 aliphatic carbocycles. The number of carbonyl (C=O) groups excluding carboxylic acids is 1. The van der Waals surface area contributed by atoms with Gasteiger partial charge in [-0.3, -0.25) is 14.9 Å². The Balaban J connectivity index is 1.55. The first-order chi connectivity index (χ1) is 15.8. The molecule has 0 bridgehead atoms. The standard InChI is InChI=1S/C22H16ClI2N3O4S/c23-16-4-6-18(7-5-16)33-13-21(29)27-26-11-15-9-19(24)22(20(25)10-15)32-12-14-2-1-3-17(8-14)28(30)31/h1-11H,12-13H2,(H,27,29)/b26-11-. The van der Waals surface area contributed by atoms with Gasteiger partial charge in [0.25, 0.3) is 5.69 Å². The number of rotatable bonds is 9. The predicted molar refractivity (Wildman–Crippen MR) is 147 cm³/mol. The molecule has 0 heterocycles. The molecule has 170 valence electrons. The van der Waals surface area contributed by atoms with Gasteiger partial charge in [-0.05, 0) is 92.7 Å². The van der Waals surface area contributed by atoms with Gasteiger partial charge in [0.2, 0.25) is 5.91 Å². The molecule has 0 radical (unpaired) electrons. The Morgan fingerprint density at radius 3 is 2.52 bits per heavy atom. The van der Waals surface area contributed by atoms with Gasteiger partial charge in [-0.25, -0.2) is 5.43 Å². The van der Waals surface area contributed by atoms with E-state index >= 15 is 0 Å². The average molecular weight is 708 g/mol. The number of nitro groups is 1. The van der Waals surface area contributed by atoms with Crippen LogP contribution >= 0.6 is 68.5 Å². The number of halogens is 3. The van der Waals surface area contributed by atoms with Crippen LogP contribution in [0.3, 0.4) is 0 Å². The third kappa shape index (κ3) is 8.12. The van der Waals surface area contributed by atoms with E-state index in [-0.39, 0.29) is 24.0 Å². The number of nitrogens with zero attached hydrogens (tertiary/aromatic N) is 2. The molecular weight excluding hydrogens is 692 g/mol. The minimum atomic E-state index is -0.430. The van der Waals surface area contributed by atoms with Crippen molar-refractivity contribution in [2.45, 2.75) is 11.5 Å².